The van der Waals surface area contributed by atoms with Crippen molar-refractivity contribution < 1.29 is 9.47 Å². The highest BCUT2D eigenvalue weighted by atomic mass is 16.5. The summed E-state index contributed by atoms with van der Waals surface area (Å²) in [6, 6.07) is 8.79. The van der Waals surface area contributed by atoms with Gasteiger partial charge in [0.15, 0.2) is 0 Å². The van der Waals surface area contributed by atoms with Gasteiger partial charge in [-0.1, -0.05) is 18.2 Å². The second-order valence-electron chi connectivity index (χ2n) is 5.36. The summed E-state index contributed by atoms with van der Waals surface area (Å²) in [5.74, 6) is 2.52. The highest BCUT2D eigenvalue weighted by Gasteiger charge is 2.40. The number of fused-ring (bicyclic) bond motifs is 1. The summed E-state index contributed by atoms with van der Waals surface area (Å²) in [7, 11) is 1.68. The van der Waals surface area contributed by atoms with Crippen LogP contribution in [0.2, 0.25) is 0 Å². The van der Waals surface area contributed by atoms with Gasteiger partial charge in [0.05, 0.1) is 6.61 Å². The monoisotopic (exact) mass is 259 g/mol. The second kappa shape index (κ2) is 5.66. The van der Waals surface area contributed by atoms with E-state index in [9.17, 15) is 0 Å². The van der Waals surface area contributed by atoms with Gasteiger partial charge >= 0.3 is 0 Å². The maximum absolute atomic E-state index is 5.63. The zero-order valence-electron chi connectivity index (χ0n) is 11.3. The first-order valence-electron chi connectivity index (χ1n) is 7.02. The predicted octanol–water partition coefficient (Wildman–Crippen LogP) is 3.09. The first kappa shape index (κ1) is 12.5. The van der Waals surface area contributed by atoms with Gasteiger partial charge in [0.1, 0.15) is 12.4 Å². The highest BCUT2D eigenvalue weighted by molar-refractivity contribution is 5.49. The van der Waals surface area contributed by atoms with E-state index in [1.165, 1.54) is 12.8 Å². The van der Waals surface area contributed by atoms with E-state index in [1.54, 1.807) is 7.11 Å². The summed E-state index contributed by atoms with van der Waals surface area (Å²) < 4.78 is 10.6. The highest BCUT2D eigenvalue weighted by Crippen LogP contribution is 2.44. The lowest BCUT2D eigenvalue weighted by Gasteiger charge is -2.41. The molecule has 0 amide bonds. The number of nitrogens with one attached hydrogen (secondary N) is 1. The molecule has 102 valence electrons. The molecule has 0 spiro atoms. The molecule has 0 bridgehead atoms. The number of methoxy groups -OCH3 is 1. The molecule has 0 aromatic heterocycles. The number of hydrogen-bond acceptors (Lipinski definition) is 3. The molecule has 1 aromatic rings. The molecule has 1 fully saturated rings. The minimum absolute atomic E-state index is 0.594. The van der Waals surface area contributed by atoms with Gasteiger partial charge in [0.2, 0.25) is 0 Å². The van der Waals surface area contributed by atoms with E-state index >= 15 is 0 Å². The minimum atomic E-state index is 0.594. The van der Waals surface area contributed by atoms with E-state index in [0.29, 0.717) is 19.3 Å². The summed E-state index contributed by atoms with van der Waals surface area (Å²) in [4.78, 5) is 0. The van der Waals surface area contributed by atoms with Crippen LogP contribution in [0.4, 0.5) is 5.69 Å². The van der Waals surface area contributed by atoms with Crippen LogP contribution in [-0.4, -0.2) is 26.4 Å². The number of ether oxygens (including phenoxy) is 2. The number of rotatable bonds is 6. The molecular formula is C16H21NO2. The Kier molecular flexibility index (Phi) is 3.74. The van der Waals surface area contributed by atoms with Crippen LogP contribution < -0.4 is 10.1 Å². The van der Waals surface area contributed by atoms with E-state index in [1.807, 2.05) is 12.1 Å². The summed E-state index contributed by atoms with van der Waals surface area (Å²) in [5.41, 5.74) is 1.15. The van der Waals surface area contributed by atoms with Crippen molar-refractivity contribution in [2.45, 2.75) is 18.9 Å². The Morgan fingerprint density at radius 2 is 2.26 bits per heavy atom. The van der Waals surface area contributed by atoms with E-state index in [4.69, 9.17) is 9.47 Å². The van der Waals surface area contributed by atoms with E-state index < -0.39 is 0 Å². The molecule has 0 aliphatic heterocycles. The van der Waals surface area contributed by atoms with Crippen LogP contribution in [-0.2, 0) is 4.74 Å². The van der Waals surface area contributed by atoms with Crippen molar-refractivity contribution in [1.82, 2.24) is 0 Å². The maximum Gasteiger partial charge on any atom is 0.121 e. The van der Waals surface area contributed by atoms with Gasteiger partial charge in [-0.2, -0.15) is 0 Å². The Balaban J connectivity index is 1.56. The predicted molar refractivity (Wildman–Crippen MR) is 76.6 cm³/mol. The number of allylic oxidation sites excluding steroid dienone is 1. The van der Waals surface area contributed by atoms with Crippen molar-refractivity contribution in [3.8, 4) is 5.75 Å². The first-order valence-corrected chi connectivity index (χ1v) is 7.02. The molecule has 2 aliphatic rings. The lowest BCUT2D eigenvalue weighted by Crippen LogP contribution is -2.43. The summed E-state index contributed by atoms with van der Waals surface area (Å²) >= 11 is 0. The fourth-order valence-corrected chi connectivity index (χ4v) is 3.02. The lowest BCUT2D eigenvalue weighted by atomic mass is 9.71. The van der Waals surface area contributed by atoms with Crippen LogP contribution >= 0.6 is 0 Å². The fraction of sp³-hybridized carbons (Fsp3) is 0.500. The van der Waals surface area contributed by atoms with E-state index in [-0.39, 0.29) is 0 Å². The zero-order valence-corrected chi connectivity index (χ0v) is 11.3. The molecule has 0 saturated heterocycles. The van der Waals surface area contributed by atoms with Crippen LogP contribution in [0.5, 0.6) is 5.75 Å². The summed E-state index contributed by atoms with van der Waals surface area (Å²) in [5, 5.41) is 3.62. The first-order chi connectivity index (χ1) is 9.36. The van der Waals surface area contributed by atoms with Crippen LogP contribution in [0, 0.1) is 11.8 Å². The molecular weight excluding hydrogens is 238 g/mol. The topological polar surface area (TPSA) is 30.5 Å². The van der Waals surface area contributed by atoms with Gasteiger partial charge in [-0.05, 0) is 30.9 Å². The van der Waals surface area contributed by atoms with Crippen molar-refractivity contribution >= 4 is 5.69 Å². The molecule has 3 nitrogen and oxygen atoms in total. The van der Waals surface area contributed by atoms with Crippen LogP contribution in [0.3, 0.4) is 0 Å². The Morgan fingerprint density at radius 3 is 3.11 bits per heavy atom. The molecule has 3 unspecified atom stereocenters. The molecule has 19 heavy (non-hydrogen) atoms. The third-order valence-corrected chi connectivity index (χ3v) is 4.11. The van der Waals surface area contributed by atoms with Crippen molar-refractivity contribution in [2.75, 3.05) is 25.6 Å². The zero-order chi connectivity index (χ0) is 13.1. The van der Waals surface area contributed by atoms with Crippen LogP contribution in [0.25, 0.3) is 0 Å². The van der Waals surface area contributed by atoms with Gasteiger partial charge in [-0.3, -0.25) is 0 Å². The van der Waals surface area contributed by atoms with Gasteiger partial charge in [-0.15, -0.1) is 0 Å². The third-order valence-electron chi connectivity index (χ3n) is 4.11. The summed E-state index contributed by atoms with van der Waals surface area (Å²) in [6.45, 7) is 1.21. The van der Waals surface area contributed by atoms with Crippen LogP contribution in [0.1, 0.15) is 12.8 Å². The molecule has 3 rings (SSSR count). The second-order valence-corrected chi connectivity index (χ2v) is 5.36. The van der Waals surface area contributed by atoms with Gasteiger partial charge in [0.25, 0.3) is 0 Å². The molecule has 0 radical (unpaired) electrons. The normalized spacial score (nSPS) is 27.7. The summed E-state index contributed by atoms with van der Waals surface area (Å²) in [6.07, 6.45) is 7.24. The SMILES string of the molecule is COCCOc1cccc(NC2CC3CC=CC32)c1. The number of anilines is 1. The average Bonchev–Trinajstić information content (AvgIpc) is 2.78. The van der Waals surface area contributed by atoms with Gasteiger partial charge in [-0.25, -0.2) is 0 Å². The Morgan fingerprint density at radius 1 is 1.32 bits per heavy atom. The lowest BCUT2D eigenvalue weighted by molar-refractivity contribution is 0.146. The smallest absolute Gasteiger partial charge is 0.121 e. The number of hydrogen-bond donors (Lipinski definition) is 1. The van der Waals surface area contributed by atoms with Gasteiger partial charge < -0.3 is 14.8 Å². The standard InChI is InChI=1S/C16H21NO2/c1-18-8-9-19-14-6-3-5-13(11-14)17-16-10-12-4-2-7-15(12)16/h2-3,5-7,11-12,15-17H,4,8-10H2,1H3. The van der Waals surface area contributed by atoms with Crippen molar-refractivity contribution in [3.05, 3.63) is 36.4 Å². The third kappa shape index (κ3) is 2.76. The Labute approximate surface area is 114 Å². The minimum Gasteiger partial charge on any atom is -0.491 e. The average molecular weight is 259 g/mol. The molecule has 0 heterocycles. The molecule has 2 aliphatic carbocycles. The maximum atomic E-state index is 5.63. The largest absolute Gasteiger partial charge is 0.491 e. The van der Waals surface area contributed by atoms with Crippen molar-refractivity contribution in [1.29, 1.82) is 0 Å². The number of benzene rings is 1. The molecule has 3 heteroatoms. The van der Waals surface area contributed by atoms with Crippen LogP contribution in [0.15, 0.2) is 36.4 Å². The quantitative estimate of drug-likeness (QED) is 0.629. The molecule has 3 atom stereocenters. The van der Waals surface area contributed by atoms with Gasteiger partial charge in [0, 0.05) is 30.8 Å². The van der Waals surface area contributed by atoms with Crippen molar-refractivity contribution in [2.24, 2.45) is 11.8 Å². The molecule has 1 N–H and O–H groups in total. The molecule has 1 saturated carbocycles. The van der Waals surface area contributed by atoms with Crippen molar-refractivity contribution in [3.63, 3.8) is 0 Å². The molecule has 1 aromatic carbocycles. The Bertz CT molecular complexity index is 458. The fourth-order valence-electron chi connectivity index (χ4n) is 3.02. The van der Waals surface area contributed by atoms with E-state index in [0.717, 1.165) is 23.3 Å². The van der Waals surface area contributed by atoms with E-state index in [2.05, 4.69) is 29.6 Å². The Hall–Kier alpha value is -1.48.